The van der Waals surface area contributed by atoms with Gasteiger partial charge in [0.25, 0.3) is 0 Å². The van der Waals surface area contributed by atoms with E-state index in [0.29, 0.717) is 5.92 Å². The summed E-state index contributed by atoms with van der Waals surface area (Å²) in [7, 11) is 3.82. The van der Waals surface area contributed by atoms with E-state index in [4.69, 9.17) is 0 Å². The number of guanidine groups is 1. The van der Waals surface area contributed by atoms with E-state index in [1.165, 1.54) is 16.8 Å². The van der Waals surface area contributed by atoms with Gasteiger partial charge in [0, 0.05) is 37.4 Å². The minimum Gasteiger partial charge on any atom is -0.356 e. The average molecular weight is 562 g/mol. The summed E-state index contributed by atoms with van der Waals surface area (Å²) < 4.78 is 3.09. The molecule has 156 valence electrons. The highest BCUT2D eigenvalue weighted by Crippen LogP contribution is 2.16. The average Bonchev–Trinajstić information content (AvgIpc) is 2.89. The van der Waals surface area contributed by atoms with Crippen molar-refractivity contribution in [3.05, 3.63) is 51.3 Å². The molecular weight excluding hydrogens is 529 g/mol. The fourth-order valence-corrected chi connectivity index (χ4v) is 3.75. The number of nitrogens with one attached hydrogen (secondary N) is 2. The quantitative estimate of drug-likeness (QED) is 0.285. The molecule has 5 nitrogen and oxygen atoms in total. The second-order valence-electron chi connectivity index (χ2n) is 7.01. The Balaban J connectivity index is 0.00000392. The number of hydrogen-bond acceptors (Lipinski definition) is 2. The molecule has 0 fully saturated rings. The normalized spacial score (nSPS) is 12.4. The number of rotatable bonds is 8. The maximum absolute atomic E-state index is 4.48. The molecule has 2 aromatic rings. The predicted octanol–water partition coefficient (Wildman–Crippen LogP) is 4.39. The van der Waals surface area contributed by atoms with Crippen molar-refractivity contribution in [3.8, 4) is 0 Å². The molecule has 0 radical (unpaired) electrons. The van der Waals surface area contributed by atoms with Gasteiger partial charge in [0.1, 0.15) is 0 Å². The molecule has 0 aliphatic rings. The molecule has 7 heteroatoms. The largest absolute Gasteiger partial charge is 0.356 e. The van der Waals surface area contributed by atoms with Gasteiger partial charge in [-0.2, -0.15) is 5.10 Å². The van der Waals surface area contributed by atoms with Crippen LogP contribution in [-0.4, -0.2) is 35.9 Å². The van der Waals surface area contributed by atoms with Crippen LogP contribution >= 0.6 is 39.9 Å². The van der Waals surface area contributed by atoms with E-state index in [2.05, 4.69) is 81.7 Å². The number of nitrogens with zero attached hydrogens (tertiary/aromatic N) is 3. The Morgan fingerprint density at radius 3 is 2.61 bits per heavy atom. The highest BCUT2D eigenvalue weighted by molar-refractivity contribution is 14.0. The standard InChI is InChI=1S/C21H32BrN5.HI/c1-6-17(12-18-8-7-9-19(22)13-18)14-25-21(23-4)24-11-10-20-15(2)26-27(5)16(20)3;/h7-9,13,17H,6,10-12,14H2,1-5H3,(H2,23,24,25);1H. The van der Waals surface area contributed by atoms with E-state index in [1.807, 2.05) is 18.8 Å². The second-order valence-corrected chi connectivity index (χ2v) is 7.93. The van der Waals surface area contributed by atoms with Crippen LogP contribution in [0.15, 0.2) is 33.7 Å². The summed E-state index contributed by atoms with van der Waals surface area (Å²) in [4.78, 5) is 4.36. The van der Waals surface area contributed by atoms with E-state index in [9.17, 15) is 0 Å². The molecule has 1 atom stereocenters. The molecule has 0 bridgehead atoms. The van der Waals surface area contributed by atoms with Gasteiger partial charge in [-0.15, -0.1) is 24.0 Å². The molecule has 0 amide bonds. The zero-order chi connectivity index (χ0) is 19.8. The van der Waals surface area contributed by atoms with Gasteiger partial charge in [-0.25, -0.2) is 0 Å². The highest BCUT2D eigenvalue weighted by Gasteiger charge is 2.11. The molecule has 1 unspecified atom stereocenters. The third-order valence-corrected chi connectivity index (χ3v) is 5.59. The van der Waals surface area contributed by atoms with Crippen LogP contribution in [0.2, 0.25) is 0 Å². The van der Waals surface area contributed by atoms with Crippen molar-refractivity contribution in [3.63, 3.8) is 0 Å². The summed E-state index contributed by atoms with van der Waals surface area (Å²) in [5.41, 5.74) is 5.03. The van der Waals surface area contributed by atoms with Crippen molar-refractivity contribution in [1.29, 1.82) is 0 Å². The number of hydrogen-bond donors (Lipinski definition) is 2. The third-order valence-electron chi connectivity index (χ3n) is 5.10. The molecule has 28 heavy (non-hydrogen) atoms. The zero-order valence-corrected chi connectivity index (χ0v) is 21.5. The molecule has 0 aliphatic carbocycles. The van der Waals surface area contributed by atoms with Crippen molar-refractivity contribution >= 4 is 45.9 Å². The van der Waals surface area contributed by atoms with E-state index >= 15 is 0 Å². The molecule has 0 spiro atoms. The zero-order valence-electron chi connectivity index (χ0n) is 17.6. The Kier molecular flexibility index (Phi) is 11.1. The first-order valence-electron chi connectivity index (χ1n) is 9.62. The number of halogens is 2. The van der Waals surface area contributed by atoms with Gasteiger partial charge in [0.05, 0.1) is 5.69 Å². The Hall–Kier alpha value is -1.09. The van der Waals surface area contributed by atoms with Gasteiger partial charge in [0.15, 0.2) is 5.96 Å². The van der Waals surface area contributed by atoms with Gasteiger partial charge >= 0.3 is 0 Å². The minimum absolute atomic E-state index is 0. The van der Waals surface area contributed by atoms with Crippen molar-refractivity contribution in [2.75, 3.05) is 20.1 Å². The van der Waals surface area contributed by atoms with E-state index in [0.717, 1.165) is 48.5 Å². The first kappa shape index (κ1) is 24.9. The van der Waals surface area contributed by atoms with Crippen LogP contribution in [-0.2, 0) is 19.9 Å². The predicted molar refractivity (Wildman–Crippen MR) is 133 cm³/mol. The summed E-state index contributed by atoms with van der Waals surface area (Å²) in [6.07, 6.45) is 3.14. The molecule has 1 aromatic carbocycles. The molecule has 2 N–H and O–H groups in total. The number of aryl methyl sites for hydroxylation is 2. The van der Waals surface area contributed by atoms with Crippen LogP contribution in [0, 0.1) is 19.8 Å². The van der Waals surface area contributed by atoms with Crippen LogP contribution in [0.1, 0.15) is 35.9 Å². The Labute approximate surface area is 194 Å². The molecule has 1 aromatic heterocycles. The lowest BCUT2D eigenvalue weighted by molar-refractivity contribution is 0.493. The Morgan fingerprint density at radius 2 is 2.04 bits per heavy atom. The van der Waals surface area contributed by atoms with Gasteiger partial charge in [-0.3, -0.25) is 9.67 Å². The van der Waals surface area contributed by atoms with Crippen LogP contribution in [0.25, 0.3) is 0 Å². The number of aromatic nitrogens is 2. The van der Waals surface area contributed by atoms with Gasteiger partial charge in [0.2, 0.25) is 0 Å². The molecule has 0 aliphatic heterocycles. The Morgan fingerprint density at radius 1 is 1.29 bits per heavy atom. The molecular formula is C21H33BrIN5. The molecule has 2 rings (SSSR count). The lowest BCUT2D eigenvalue weighted by Gasteiger charge is -2.18. The highest BCUT2D eigenvalue weighted by atomic mass is 127. The fourth-order valence-electron chi connectivity index (χ4n) is 3.30. The van der Waals surface area contributed by atoms with Crippen molar-refractivity contribution in [2.24, 2.45) is 18.0 Å². The maximum Gasteiger partial charge on any atom is 0.190 e. The monoisotopic (exact) mass is 561 g/mol. The summed E-state index contributed by atoms with van der Waals surface area (Å²) in [5.74, 6) is 1.43. The third kappa shape index (κ3) is 7.39. The molecule has 0 saturated heterocycles. The number of aliphatic imine (C=N–C) groups is 1. The first-order chi connectivity index (χ1) is 12.9. The minimum atomic E-state index is 0. The summed E-state index contributed by atoms with van der Waals surface area (Å²) in [5, 5.41) is 11.4. The summed E-state index contributed by atoms with van der Waals surface area (Å²) in [6.45, 7) is 8.19. The van der Waals surface area contributed by atoms with Gasteiger partial charge in [-0.1, -0.05) is 41.4 Å². The molecule has 1 heterocycles. The summed E-state index contributed by atoms with van der Waals surface area (Å²) >= 11 is 3.56. The topological polar surface area (TPSA) is 54.2 Å². The maximum atomic E-state index is 4.48. The van der Waals surface area contributed by atoms with Crippen molar-refractivity contribution in [1.82, 2.24) is 20.4 Å². The van der Waals surface area contributed by atoms with Gasteiger partial charge in [-0.05, 0) is 55.9 Å². The molecule has 0 saturated carbocycles. The Bertz CT molecular complexity index is 772. The summed E-state index contributed by atoms with van der Waals surface area (Å²) in [6, 6.07) is 8.57. The lowest BCUT2D eigenvalue weighted by atomic mass is 9.97. The second kappa shape index (κ2) is 12.5. The van der Waals surface area contributed by atoms with Crippen molar-refractivity contribution < 1.29 is 0 Å². The van der Waals surface area contributed by atoms with Crippen LogP contribution < -0.4 is 10.6 Å². The van der Waals surface area contributed by atoms with E-state index < -0.39 is 0 Å². The van der Waals surface area contributed by atoms with Crippen LogP contribution in [0.3, 0.4) is 0 Å². The first-order valence-corrected chi connectivity index (χ1v) is 10.4. The van der Waals surface area contributed by atoms with Crippen molar-refractivity contribution in [2.45, 2.75) is 40.0 Å². The SMILES string of the molecule is CCC(CNC(=NC)NCCc1c(C)nn(C)c1C)Cc1cccc(Br)c1.I. The smallest absolute Gasteiger partial charge is 0.190 e. The van der Waals surface area contributed by atoms with Crippen LogP contribution in [0.5, 0.6) is 0 Å². The van der Waals surface area contributed by atoms with E-state index in [-0.39, 0.29) is 24.0 Å². The number of benzene rings is 1. The fraction of sp³-hybridized carbons (Fsp3) is 0.524. The lowest BCUT2D eigenvalue weighted by Crippen LogP contribution is -2.40. The van der Waals surface area contributed by atoms with Crippen LogP contribution in [0.4, 0.5) is 0 Å². The van der Waals surface area contributed by atoms with Gasteiger partial charge < -0.3 is 10.6 Å². The van der Waals surface area contributed by atoms with E-state index in [1.54, 1.807) is 0 Å².